The van der Waals surface area contributed by atoms with Crippen LogP contribution in [-0.2, 0) is 4.79 Å². The first-order valence-corrected chi connectivity index (χ1v) is 8.96. The van der Waals surface area contributed by atoms with E-state index in [1.165, 1.54) is 6.42 Å². The predicted molar refractivity (Wildman–Crippen MR) is 98.1 cm³/mol. The lowest BCUT2D eigenvalue weighted by atomic mass is 10.1. The van der Waals surface area contributed by atoms with Gasteiger partial charge in [-0.25, -0.2) is 0 Å². The molecule has 6 heteroatoms. The molecule has 1 aromatic carbocycles. The minimum atomic E-state index is -0.190. The van der Waals surface area contributed by atoms with Gasteiger partial charge in [0.1, 0.15) is 11.5 Å². The smallest absolute Gasteiger partial charge is 0.251 e. The van der Waals surface area contributed by atoms with Crippen LogP contribution in [0.3, 0.4) is 0 Å². The van der Waals surface area contributed by atoms with E-state index in [4.69, 9.17) is 4.74 Å². The van der Waals surface area contributed by atoms with Crippen molar-refractivity contribution in [1.82, 2.24) is 15.2 Å². The van der Waals surface area contributed by atoms with E-state index >= 15 is 0 Å². The third-order valence-corrected chi connectivity index (χ3v) is 4.32. The van der Waals surface area contributed by atoms with Crippen LogP contribution < -0.4 is 10.1 Å². The van der Waals surface area contributed by atoms with E-state index in [-0.39, 0.29) is 11.8 Å². The summed E-state index contributed by atoms with van der Waals surface area (Å²) in [5, 5.41) is 2.80. The molecular weight excluding hydrogens is 330 g/mol. The van der Waals surface area contributed by atoms with Gasteiger partial charge in [-0.3, -0.25) is 14.6 Å². The van der Waals surface area contributed by atoms with Crippen LogP contribution in [0.2, 0.25) is 0 Å². The maximum absolute atomic E-state index is 12.2. The van der Waals surface area contributed by atoms with Gasteiger partial charge < -0.3 is 15.0 Å². The van der Waals surface area contributed by atoms with Crippen LogP contribution in [0.15, 0.2) is 48.8 Å². The Balaban J connectivity index is 1.45. The Morgan fingerprint density at radius 1 is 1.04 bits per heavy atom. The molecule has 2 aromatic rings. The topological polar surface area (TPSA) is 71.5 Å². The number of aromatic nitrogens is 1. The van der Waals surface area contributed by atoms with Crippen LogP contribution in [0.4, 0.5) is 0 Å². The summed E-state index contributed by atoms with van der Waals surface area (Å²) in [6.45, 7) is 2.03. The van der Waals surface area contributed by atoms with Gasteiger partial charge in [-0.2, -0.15) is 0 Å². The Bertz CT molecular complexity index is 726. The zero-order chi connectivity index (χ0) is 18.2. The monoisotopic (exact) mass is 353 g/mol. The molecule has 1 aliphatic rings. The second kappa shape index (κ2) is 8.99. The highest BCUT2D eigenvalue weighted by molar-refractivity contribution is 5.94. The number of rotatable bonds is 6. The van der Waals surface area contributed by atoms with Crippen molar-refractivity contribution in [3.05, 3.63) is 54.4 Å². The van der Waals surface area contributed by atoms with Gasteiger partial charge in [-0.15, -0.1) is 0 Å². The van der Waals surface area contributed by atoms with E-state index in [2.05, 4.69) is 10.3 Å². The molecule has 0 bridgehead atoms. The summed E-state index contributed by atoms with van der Waals surface area (Å²) in [7, 11) is 0. The number of benzene rings is 1. The second-order valence-corrected chi connectivity index (χ2v) is 6.26. The number of ether oxygens (including phenoxy) is 1. The quantitative estimate of drug-likeness (QED) is 0.866. The molecule has 1 fully saturated rings. The second-order valence-electron chi connectivity index (χ2n) is 6.26. The highest BCUT2D eigenvalue weighted by Crippen LogP contribution is 2.20. The van der Waals surface area contributed by atoms with Crippen LogP contribution in [0.1, 0.15) is 36.0 Å². The lowest BCUT2D eigenvalue weighted by molar-refractivity contribution is -0.131. The van der Waals surface area contributed by atoms with Gasteiger partial charge in [0, 0.05) is 37.8 Å². The van der Waals surface area contributed by atoms with Crippen molar-refractivity contribution < 1.29 is 14.3 Å². The molecule has 0 atom stereocenters. The van der Waals surface area contributed by atoms with Gasteiger partial charge in [0.15, 0.2) is 0 Å². The fourth-order valence-electron chi connectivity index (χ4n) is 2.90. The molecule has 0 unspecified atom stereocenters. The largest absolute Gasteiger partial charge is 0.456 e. The third kappa shape index (κ3) is 5.05. The number of nitrogens with zero attached hydrogens (tertiary/aromatic N) is 2. The van der Waals surface area contributed by atoms with Gasteiger partial charge in [-0.1, -0.05) is 0 Å². The molecule has 0 spiro atoms. The standard InChI is InChI=1S/C20H23N3O3/c24-19(23-13-2-1-3-14-23)10-12-22-20(25)16-6-8-17(9-7-16)26-18-5-4-11-21-15-18/h4-9,11,15H,1-3,10,12-14H2,(H,22,25). The number of carbonyl (C=O) groups is 2. The molecule has 3 rings (SSSR count). The first kappa shape index (κ1) is 17.9. The van der Waals surface area contributed by atoms with Crippen molar-refractivity contribution in [1.29, 1.82) is 0 Å². The fourth-order valence-corrected chi connectivity index (χ4v) is 2.90. The third-order valence-electron chi connectivity index (χ3n) is 4.32. The van der Waals surface area contributed by atoms with Crippen LogP contribution >= 0.6 is 0 Å². The molecule has 1 aliphatic heterocycles. The fraction of sp³-hybridized carbons (Fsp3) is 0.350. The zero-order valence-corrected chi connectivity index (χ0v) is 14.7. The van der Waals surface area contributed by atoms with Gasteiger partial charge in [0.2, 0.25) is 5.91 Å². The number of hydrogen-bond acceptors (Lipinski definition) is 4. The predicted octanol–water partition coefficient (Wildman–Crippen LogP) is 3.01. The Labute approximate surface area is 153 Å². The van der Waals surface area contributed by atoms with Crippen molar-refractivity contribution in [2.24, 2.45) is 0 Å². The van der Waals surface area contributed by atoms with Crippen molar-refractivity contribution in [2.45, 2.75) is 25.7 Å². The lowest BCUT2D eigenvalue weighted by Crippen LogP contribution is -2.37. The zero-order valence-electron chi connectivity index (χ0n) is 14.7. The highest BCUT2D eigenvalue weighted by Gasteiger charge is 2.16. The van der Waals surface area contributed by atoms with Crippen molar-refractivity contribution in [3.63, 3.8) is 0 Å². The van der Waals surface area contributed by atoms with Crippen molar-refractivity contribution >= 4 is 11.8 Å². The molecule has 0 radical (unpaired) electrons. The van der Waals surface area contributed by atoms with Crippen LogP contribution in [0.5, 0.6) is 11.5 Å². The van der Waals surface area contributed by atoms with Crippen LogP contribution in [0, 0.1) is 0 Å². The van der Waals surface area contributed by atoms with Gasteiger partial charge >= 0.3 is 0 Å². The Morgan fingerprint density at radius 2 is 1.81 bits per heavy atom. The number of hydrogen-bond donors (Lipinski definition) is 1. The van der Waals surface area contributed by atoms with E-state index < -0.39 is 0 Å². The Hall–Kier alpha value is -2.89. The average molecular weight is 353 g/mol. The van der Waals surface area contributed by atoms with Gasteiger partial charge in [-0.05, 0) is 55.7 Å². The molecule has 2 heterocycles. The molecule has 136 valence electrons. The van der Waals surface area contributed by atoms with E-state index in [1.807, 2.05) is 11.0 Å². The molecule has 1 saturated heterocycles. The Morgan fingerprint density at radius 3 is 2.50 bits per heavy atom. The molecule has 1 aromatic heterocycles. The summed E-state index contributed by atoms with van der Waals surface area (Å²) in [6, 6.07) is 10.5. The summed E-state index contributed by atoms with van der Waals surface area (Å²) in [6.07, 6.45) is 6.99. The minimum absolute atomic E-state index is 0.116. The number of likely N-dealkylation sites (tertiary alicyclic amines) is 1. The maximum Gasteiger partial charge on any atom is 0.251 e. The van der Waals surface area contributed by atoms with E-state index in [1.54, 1.807) is 42.7 Å². The SMILES string of the molecule is O=C(NCCC(=O)N1CCCCC1)c1ccc(Oc2cccnc2)cc1. The first-order valence-electron chi connectivity index (χ1n) is 8.96. The molecule has 26 heavy (non-hydrogen) atoms. The van der Waals surface area contributed by atoms with E-state index in [0.717, 1.165) is 25.9 Å². The summed E-state index contributed by atoms with van der Waals surface area (Å²) in [5.74, 6) is 1.20. The number of carbonyl (C=O) groups excluding carboxylic acids is 2. The van der Waals surface area contributed by atoms with Gasteiger partial charge in [0.05, 0.1) is 6.20 Å². The van der Waals surface area contributed by atoms with Crippen molar-refractivity contribution in [2.75, 3.05) is 19.6 Å². The summed E-state index contributed by atoms with van der Waals surface area (Å²) >= 11 is 0. The maximum atomic E-state index is 12.2. The van der Waals surface area contributed by atoms with Gasteiger partial charge in [0.25, 0.3) is 5.91 Å². The molecular formula is C20H23N3O3. The minimum Gasteiger partial charge on any atom is -0.456 e. The molecule has 0 saturated carbocycles. The van der Waals surface area contributed by atoms with Crippen molar-refractivity contribution in [3.8, 4) is 11.5 Å². The van der Waals surface area contributed by atoms with E-state index in [0.29, 0.717) is 30.0 Å². The molecule has 1 N–H and O–H groups in total. The number of piperidine rings is 1. The summed E-state index contributed by atoms with van der Waals surface area (Å²) in [5.41, 5.74) is 0.536. The molecule has 6 nitrogen and oxygen atoms in total. The van der Waals surface area contributed by atoms with Crippen LogP contribution in [0.25, 0.3) is 0 Å². The number of nitrogens with one attached hydrogen (secondary N) is 1. The summed E-state index contributed by atoms with van der Waals surface area (Å²) in [4.78, 5) is 30.1. The number of amides is 2. The lowest BCUT2D eigenvalue weighted by Gasteiger charge is -2.26. The molecule has 0 aliphatic carbocycles. The number of pyridine rings is 1. The van der Waals surface area contributed by atoms with Crippen LogP contribution in [-0.4, -0.2) is 41.3 Å². The molecule has 2 amide bonds. The summed E-state index contributed by atoms with van der Waals surface area (Å²) < 4.78 is 5.65. The first-order chi connectivity index (χ1) is 12.7. The Kier molecular flexibility index (Phi) is 6.19. The van der Waals surface area contributed by atoms with E-state index in [9.17, 15) is 9.59 Å². The highest BCUT2D eigenvalue weighted by atomic mass is 16.5. The average Bonchev–Trinajstić information content (AvgIpc) is 2.70. The normalized spacial score (nSPS) is 13.9.